The smallest absolute Gasteiger partial charge is 0.243 e. The van der Waals surface area contributed by atoms with Gasteiger partial charge >= 0.3 is 0 Å². The van der Waals surface area contributed by atoms with E-state index < -0.39 is 0 Å². The van der Waals surface area contributed by atoms with Crippen LogP contribution in [0, 0.1) is 13.8 Å². The van der Waals surface area contributed by atoms with Crippen molar-refractivity contribution in [3.05, 3.63) is 59.2 Å². The summed E-state index contributed by atoms with van der Waals surface area (Å²) in [5.41, 5.74) is 5.22. The Morgan fingerprint density at radius 3 is 2.48 bits per heavy atom. The standard InChI is InChI=1S/C22H27N3O2/c1-15-7-6-8-16(2)22(15)24-20(26)13-23-21(27)14-25-17(3)11-12-18-9-4-5-10-19(18)25/h4-10,17H,11-14H2,1-3H3,(H,23,27)(H,24,26). The molecule has 0 bridgehead atoms. The first kappa shape index (κ1) is 19.0. The molecular weight excluding hydrogens is 338 g/mol. The van der Waals surface area contributed by atoms with Gasteiger partial charge in [0, 0.05) is 17.4 Å². The molecule has 0 spiro atoms. The van der Waals surface area contributed by atoms with Crippen LogP contribution in [0.4, 0.5) is 11.4 Å². The number of fused-ring (bicyclic) bond motifs is 1. The number of amides is 2. The molecule has 0 saturated carbocycles. The van der Waals surface area contributed by atoms with Crippen molar-refractivity contribution in [1.82, 2.24) is 5.32 Å². The van der Waals surface area contributed by atoms with Crippen LogP contribution in [-0.2, 0) is 16.0 Å². The van der Waals surface area contributed by atoms with Crippen LogP contribution in [0.3, 0.4) is 0 Å². The summed E-state index contributed by atoms with van der Waals surface area (Å²) >= 11 is 0. The maximum atomic E-state index is 12.4. The van der Waals surface area contributed by atoms with Gasteiger partial charge in [-0.1, -0.05) is 36.4 Å². The third-order valence-corrected chi connectivity index (χ3v) is 5.17. The molecule has 1 aliphatic rings. The number of para-hydroxylation sites is 2. The van der Waals surface area contributed by atoms with Gasteiger partial charge in [0.05, 0.1) is 13.1 Å². The Morgan fingerprint density at radius 2 is 1.74 bits per heavy atom. The maximum absolute atomic E-state index is 12.4. The minimum Gasteiger partial charge on any atom is -0.359 e. The molecule has 0 aromatic heterocycles. The van der Waals surface area contributed by atoms with E-state index in [0.717, 1.165) is 35.3 Å². The molecule has 142 valence electrons. The van der Waals surface area contributed by atoms with E-state index in [0.29, 0.717) is 6.04 Å². The highest BCUT2D eigenvalue weighted by atomic mass is 16.2. The third-order valence-electron chi connectivity index (χ3n) is 5.17. The Balaban J connectivity index is 1.56. The monoisotopic (exact) mass is 365 g/mol. The number of carbonyl (C=O) groups excluding carboxylic acids is 2. The summed E-state index contributed by atoms with van der Waals surface area (Å²) < 4.78 is 0. The van der Waals surface area contributed by atoms with Crippen LogP contribution in [0.15, 0.2) is 42.5 Å². The molecule has 0 aliphatic carbocycles. The summed E-state index contributed by atoms with van der Waals surface area (Å²) in [4.78, 5) is 26.8. The van der Waals surface area contributed by atoms with Gasteiger partial charge in [-0.25, -0.2) is 0 Å². The lowest BCUT2D eigenvalue weighted by Crippen LogP contribution is -2.45. The molecule has 1 atom stereocenters. The van der Waals surface area contributed by atoms with Crippen molar-refractivity contribution in [2.45, 2.75) is 39.7 Å². The van der Waals surface area contributed by atoms with Gasteiger partial charge in [-0.3, -0.25) is 9.59 Å². The van der Waals surface area contributed by atoms with E-state index in [4.69, 9.17) is 0 Å². The molecule has 2 aromatic carbocycles. The lowest BCUT2D eigenvalue weighted by Gasteiger charge is -2.36. The largest absolute Gasteiger partial charge is 0.359 e. The summed E-state index contributed by atoms with van der Waals surface area (Å²) in [6.45, 7) is 6.27. The minimum atomic E-state index is -0.215. The molecular formula is C22H27N3O2. The van der Waals surface area contributed by atoms with Crippen molar-refractivity contribution >= 4 is 23.2 Å². The van der Waals surface area contributed by atoms with E-state index in [-0.39, 0.29) is 24.9 Å². The van der Waals surface area contributed by atoms with E-state index in [2.05, 4.69) is 34.6 Å². The number of hydrogen-bond acceptors (Lipinski definition) is 3. The molecule has 5 nitrogen and oxygen atoms in total. The Bertz CT molecular complexity index is 827. The van der Waals surface area contributed by atoms with Gasteiger partial charge < -0.3 is 15.5 Å². The van der Waals surface area contributed by atoms with Crippen LogP contribution in [-0.4, -0.2) is 30.9 Å². The second-order valence-electron chi connectivity index (χ2n) is 7.24. The number of anilines is 2. The van der Waals surface area contributed by atoms with E-state index in [9.17, 15) is 9.59 Å². The summed E-state index contributed by atoms with van der Waals surface area (Å²) in [5.74, 6) is -0.358. The molecule has 1 unspecified atom stereocenters. The second kappa shape index (κ2) is 8.25. The van der Waals surface area contributed by atoms with Crippen LogP contribution in [0.2, 0.25) is 0 Å². The predicted molar refractivity (Wildman–Crippen MR) is 109 cm³/mol. The van der Waals surface area contributed by atoms with Crippen LogP contribution in [0.1, 0.15) is 30.0 Å². The Morgan fingerprint density at radius 1 is 1.04 bits per heavy atom. The molecule has 2 N–H and O–H groups in total. The number of benzene rings is 2. The van der Waals surface area contributed by atoms with Crippen LogP contribution in [0.5, 0.6) is 0 Å². The fourth-order valence-corrected chi connectivity index (χ4v) is 3.59. The fourth-order valence-electron chi connectivity index (χ4n) is 3.59. The van der Waals surface area contributed by atoms with Gasteiger partial charge in [-0.15, -0.1) is 0 Å². The molecule has 27 heavy (non-hydrogen) atoms. The molecule has 2 aromatic rings. The Hall–Kier alpha value is -2.82. The highest BCUT2D eigenvalue weighted by Crippen LogP contribution is 2.29. The molecule has 2 amide bonds. The van der Waals surface area contributed by atoms with E-state index in [1.165, 1.54) is 5.56 Å². The van der Waals surface area contributed by atoms with Crippen molar-refractivity contribution in [2.24, 2.45) is 0 Å². The van der Waals surface area contributed by atoms with Gasteiger partial charge in [0.15, 0.2) is 0 Å². The summed E-state index contributed by atoms with van der Waals surface area (Å²) in [7, 11) is 0. The maximum Gasteiger partial charge on any atom is 0.243 e. The molecule has 0 fully saturated rings. The first-order chi connectivity index (χ1) is 13.0. The summed E-state index contributed by atoms with van der Waals surface area (Å²) in [6.07, 6.45) is 2.06. The van der Waals surface area contributed by atoms with Crippen molar-refractivity contribution < 1.29 is 9.59 Å². The fraction of sp³-hybridized carbons (Fsp3) is 0.364. The Kier molecular flexibility index (Phi) is 5.79. The lowest BCUT2D eigenvalue weighted by molar-refractivity contribution is -0.123. The molecule has 1 aliphatic heterocycles. The third kappa shape index (κ3) is 4.48. The first-order valence-electron chi connectivity index (χ1n) is 9.43. The van der Waals surface area contributed by atoms with Crippen molar-refractivity contribution in [2.75, 3.05) is 23.3 Å². The number of aryl methyl sites for hydroxylation is 3. The zero-order valence-corrected chi connectivity index (χ0v) is 16.2. The quantitative estimate of drug-likeness (QED) is 0.855. The average Bonchev–Trinajstić information content (AvgIpc) is 2.65. The zero-order valence-electron chi connectivity index (χ0n) is 16.2. The Labute approximate surface area is 160 Å². The SMILES string of the molecule is Cc1cccc(C)c1NC(=O)CNC(=O)CN1c2ccccc2CCC1C. The number of hydrogen-bond donors (Lipinski definition) is 2. The highest BCUT2D eigenvalue weighted by molar-refractivity contribution is 5.96. The topological polar surface area (TPSA) is 61.4 Å². The van der Waals surface area contributed by atoms with Crippen LogP contribution in [0.25, 0.3) is 0 Å². The zero-order chi connectivity index (χ0) is 19.4. The van der Waals surface area contributed by atoms with Gasteiger partial charge in [0.1, 0.15) is 0 Å². The van der Waals surface area contributed by atoms with Gasteiger partial charge in [-0.2, -0.15) is 0 Å². The molecule has 5 heteroatoms. The van der Waals surface area contributed by atoms with Gasteiger partial charge in [0.2, 0.25) is 11.8 Å². The van der Waals surface area contributed by atoms with E-state index >= 15 is 0 Å². The van der Waals surface area contributed by atoms with Crippen molar-refractivity contribution in [3.8, 4) is 0 Å². The first-order valence-corrected chi connectivity index (χ1v) is 9.43. The van der Waals surface area contributed by atoms with Crippen LogP contribution < -0.4 is 15.5 Å². The summed E-state index contributed by atoms with van der Waals surface area (Å²) in [5, 5.41) is 5.64. The number of rotatable bonds is 5. The van der Waals surface area contributed by atoms with Gasteiger partial charge in [-0.05, 0) is 56.4 Å². The molecule has 1 heterocycles. The molecule has 3 rings (SSSR count). The molecule has 0 saturated heterocycles. The summed E-state index contributed by atoms with van der Waals surface area (Å²) in [6, 6.07) is 14.4. The highest BCUT2D eigenvalue weighted by Gasteiger charge is 2.24. The number of nitrogens with one attached hydrogen (secondary N) is 2. The lowest BCUT2D eigenvalue weighted by atomic mass is 9.97. The van der Waals surface area contributed by atoms with Crippen LogP contribution >= 0.6 is 0 Å². The van der Waals surface area contributed by atoms with E-state index in [1.807, 2.05) is 44.2 Å². The van der Waals surface area contributed by atoms with Crippen molar-refractivity contribution in [3.63, 3.8) is 0 Å². The predicted octanol–water partition coefficient (Wildman–Crippen LogP) is 3.20. The number of nitrogens with zero attached hydrogens (tertiary/aromatic N) is 1. The normalized spacial score (nSPS) is 15.8. The molecule has 0 radical (unpaired) electrons. The number of carbonyl (C=O) groups is 2. The van der Waals surface area contributed by atoms with Crippen molar-refractivity contribution in [1.29, 1.82) is 0 Å². The second-order valence-corrected chi connectivity index (χ2v) is 7.24. The average molecular weight is 365 g/mol. The van der Waals surface area contributed by atoms with Gasteiger partial charge in [0.25, 0.3) is 0 Å². The van der Waals surface area contributed by atoms with E-state index in [1.54, 1.807) is 0 Å². The minimum absolute atomic E-state index is 0.0313.